The first-order chi connectivity index (χ1) is 14.5. The first-order valence-electron chi connectivity index (χ1n) is 9.95. The number of piperidine rings is 1. The van der Waals surface area contributed by atoms with Crippen LogP contribution >= 0.6 is 0 Å². The number of hydrogen-bond donors (Lipinski definition) is 1. The Labute approximate surface area is 176 Å². The van der Waals surface area contributed by atoms with E-state index in [1.54, 1.807) is 58.4 Å². The standard InChI is InChI=1S/C22H24N4O3S/c27-22(21(26-15-7-14-23-26)18-8-3-1-4-9-18)25-16-12-19(13-17-25)24-30(28,29)20-10-5-2-6-11-20/h1-11,14-15,19,21,24H,12-13,16-17H2. The zero-order chi connectivity index (χ0) is 21.0. The molecule has 1 N–H and O–H groups in total. The number of sulfonamides is 1. The van der Waals surface area contributed by atoms with Crippen molar-refractivity contribution >= 4 is 15.9 Å². The van der Waals surface area contributed by atoms with Crippen LogP contribution in [-0.2, 0) is 14.8 Å². The Morgan fingerprint density at radius 2 is 1.60 bits per heavy atom. The molecule has 7 nitrogen and oxygen atoms in total. The van der Waals surface area contributed by atoms with Crippen molar-refractivity contribution in [3.63, 3.8) is 0 Å². The lowest BCUT2D eigenvalue weighted by Gasteiger charge is -2.34. The zero-order valence-corrected chi connectivity index (χ0v) is 17.3. The molecule has 0 spiro atoms. The van der Waals surface area contributed by atoms with E-state index in [1.807, 2.05) is 30.3 Å². The van der Waals surface area contributed by atoms with Crippen molar-refractivity contribution in [1.29, 1.82) is 0 Å². The summed E-state index contributed by atoms with van der Waals surface area (Å²) in [6, 6.07) is 19.0. The maximum atomic E-state index is 13.3. The van der Waals surface area contributed by atoms with Gasteiger partial charge in [-0.15, -0.1) is 0 Å². The van der Waals surface area contributed by atoms with Crippen molar-refractivity contribution < 1.29 is 13.2 Å². The second kappa shape index (κ2) is 8.81. The van der Waals surface area contributed by atoms with Crippen LogP contribution in [0.25, 0.3) is 0 Å². The Hall–Kier alpha value is -2.97. The fourth-order valence-electron chi connectivity index (χ4n) is 3.75. The number of rotatable bonds is 6. The maximum absolute atomic E-state index is 13.3. The Morgan fingerprint density at radius 1 is 0.967 bits per heavy atom. The van der Waals surface area contributed by atoms with E-state index in [-0.39, 0.29) is 16.8 Å². The van der Waals surface area contributed by atoms with Crippen molar-refractivity contribution in [2.24, 2.45) is 0 Å². The monoisotopic (exact) mass is 424 g/mol. The van der Waals surface area contributed by atoms with Crippen LogP contribution in [0, 0.1) is 0 Å². The summed E-state index contributed by atoms with van der Waals surface area (Å²) in [4.78, 5) is 15.4. The molecule has 0 aliphatic carbocycles. The van der Waals surface area contributed by atoms with Gasteiger partial charge in [0.25, 0.3) is 5.91 Å². The van der Waals surface area contributed by atoms with Gasteiger partial charge in [-0.1, -0.05) is 48.5 Å². The Bertz CT molecular complexity index is 1060. The van der Waals surface area contributed by atoms with E-state index in [0.29, 0.717) is 25.9 Å². The molecular weight excluding hydrogens is 400 g/mol. The van der Waals surface area contributed by atoms with E-state index in [4.69, 9.17) is 0 Å². The summed E-state index contributed by atoms with van der Waals surface area (Å²) < 4.78 is 29.6. The highest BCUT2D eigenvalue weighted by atomic mass is 32.2. The number of amides is 1. The maximum Gasteiger partial charge on any atom is 0.252 e. The zero-order valence-electron chi connectivity index (χ0n) is 16.5. The molecule has 1 aliphatic heterocycles. The molecule has 2 aromatic carbocycles. The number of benzene rings is 2. The van der Waals surface area contributed by atoms with Gasteiger partial charge in [0.2, 0.25) is 10.0 Å². The van der Waals surface area contributed by atoms with Crippen LogP contribution in [0.5, 0.6) is 0 Å². The van der Waals surface area contributed by atoms with Gasteiger partial charge in [0.15, 0.2) is 6.04 Å². The normalized spacial score (nSPS) is 16.3. The van der Waals surface area contributed by atoms with Crippen LogP contribution in [0.2, 0.25) is 0 Å². The van der Waals surface area contributed by atoms with Gasteiger partial charge in [-0.3, -0.25) is 9.48 Å². The number of nitrogens with zero attached hydrogens (tertiary/aromatic N) is 3. The molecule has 1 aliphatic rings. The minimum Gasteiger partial charge on any atom is -0.340 e. The third-order valence-corrected chi connectivity index (χ3v) is 6.86. The SMILES string of the molecule is O=C(C(c1ccccc1)n1cccn1)N1CCC(NS(=O)(=O)c2ccccc2)CC1. The third-order valence-electron chi connectivity index (χ3n) is 5.32. The van der Waals surface area contributed by atoms with Crippen molar-refractivity contribution in [2.75, 3.05) is 13.1 Å². The summed E-state index contributed by atoms with van der Waals surface area (Å²) in [5.41, 5.74) is 0.873. The average molecular weight is 425 g/mol. The predicted molar refractivity (Wildman–Crippen MR) is 113 cm³/mol. The van der Waals surface area contributed by atoms with Crippen molar-refractivity contribution in [3.8, 4) is 0 Å². The molecule has 1 amide bonds. The molecule has 2 heterocycles. The van der Waals surface area contributed by atoms with Crippen LogP contribution < -0.4 is 4.72 Å². The molecule has 1 atom stereocenters. The smallest absolute Gasteiger partial charge is 0.252 e. The van der Waals surface area contributed by atoms with E-state index in [1.165, 1.54) is 0 Å². The van der Waals surface area contributed by atoms with Crippen molar-refractivity contribution in [1.82, 2.24) is 19.4 Å². The highest BCUT2D eigenvalue weighted by molar-refractivity contribution is 7.89. The van der Waals surface area contributed by atoms with Gasteiger partial charge in [-0.25, -0.2) is 13.1 Å². The topological polar surface area (TPSA) is 84.3 Å². The van der Waals surface area contributed by atoms with E-state index < -0.39 is 16.1 Å². The number of likely N-dealkylation sites (tertiary alicyclic amines) is 1. The van der Waals surface area contributed by atoms with Crippen LogP contribution in [0.15, 0.2) is 84.0 Å². The number of hydrogen-bond acceptors (Lipinski definition) is 4. The summed E-state index contributed by atoms with van der Waals surface area (Å²) >= 11 is 0. The fraction of sp³-hybridized carbons (Fsp3) is 0.273. The first-order valence-corrected chi connectivity index (χ1v) is 11.4. The lowest BCUT2D eigenvalue weighted by molar-refractivity contribution is -0.134. The quantitative estimate of drug-likeness (QED) is 0.659. The summed E-state index contributed by atoms with van der Waals surface area (Å²) in [5.74, 6) is -0.0331. The van der Waals surface area contributed by atoms with Gasteiger partial charge in [0.05, 0.1) is 4.90 Å². The van der Waals surface area contributed by atoms with Crippen molar-refractivity contribution in [3.05, 3.63) is 84.7 Å². The lowest BCUT2D eigenvalue weighted by atomic mass is 10.0. The Balaban J connectivity index is 1.43. The molecule has 1 saturated heterocycles. The van der Waals surface area contributed by atoms with Gasteiger partial charge < -0.3 is 4.90 Å². The molecule has 1 fully saturated rings. The summed E-state index contributed by atoms with van der Waals surface area (Å²) in [7, 11) is -3.56. The van der Waals surface area contributed by atoms with Crippen LogP contribution in [0.3, 0.4) is 0 Å². The van der Waals surface area contributed by atoms with Gasteiger partial charge in [0.1, 0.15) is 0 Å². The molecule has 30 heavy (non-hydrogen) atoms. The Kier molecular flexibility index (Phi) is 5.96. The minimum atomic E-state index is -3.56. The highest BCUT2D eigenvalue weighted by Crippen LogP contribution is 2.23. The van der Waals surface area contributed by atoms with E-state index >= 15 is 0 Å². The highest BCUT2D eigenvalue weighted by Gasteiger charge is 2.32. The van der Waals surface area contributed by atoms with Crippen LogP contribution in [0.4, 0.5) is 0 Å². The third kappa shape index (κ3) is 4.44. The molecule has 1 unspecified atom stereocenters. The van der Waals surface area contributed by atoms with E-state index in [0.717, 1.165) is 5.56 Å². The number of nitrogens with one attached hydrogen (secondary N) is 1. The van der Waals surface area contributed by atoms with Gasteiger partial charge in [-0.05, 0) is 36.6 Å². The van der Waals surface area contributed by atoms with Crippen molar-refractivity contribution in [2.45, 2.75) is 29.8 Å². The molecule has 1 aromatic heterocycles. The molecule has 0 radical (unpaired) electrons. The molecule has 156 valence electrons. The second-order valence-corrected chi connectivity index (χ2v) is 9.05. The van der Waals surface area contributed by atoms with E-state index in [2.05, 4.69) is 9.82 Å². The largest absolute Gasteiger partial charge is 0.340 e. The Morgan fingerprint density at radius 3 is 2.20 bits per heavy atom. The van der Waals surface area contributed by atoms with E-state index in [9.17, 15) is 13.2 Å². The minimum absolute atomic E-state index is 0.0331. The molecular formula is C22H24N4O3S. The molecule has 8 heteroatoms. The van der Waals surface area contributed by atoms with Gasteiger partial charge >= 0.3 is 0 Å². The molecule has 4 rings (SSSR count). The first kappa shape index (κ1) is 20.3. The van der Waals surface area contributed by atoms with Crippen LogP contribution in [0.1, 0.15) is 24.4 Å². The number of aromatic nitrogens is 2. The molecule has 3 aromatic rings. The lowest BCUT2D eigenvalue weighted by Crippen LogP contribution is -2.48. The van der Waals surface area contributed by atoms with Gasteiger partial charge in [-0.2, -0.15) is 5.10 Å². The van der Waals surface area contributed by atoms with Gasteiger partial charge in [0, 0.05) is 31.5 Å². The summed E-state index contributed by atoms with van der Waals surface area (Å²) in [6.45, 7) is 0.983. The average Bonchev–Trinajstić information content (AvgIpc) is 3.30. The fourth-order valence-corrected chi connectivity index (χ4v) is 5.08. The van der Waals surface area contributed by atoms with Crippen LogP contribution in [-0.4, -0.2) is 48.1 Å². The molecule has 0 bridgehead atoms. The predicted octanol–water partition coefficient (Wildman–Crippen LogP) is 2.44. The summed E-state index contributed by atoms with van der Waals surface area (Å²) in [5, 5.41) is 4.28. The number of carbonyl (C=O) groups is 1. The molecule has 0 saturated carbocycles. The summed E-state index contributed by atoms with van der Waals surface area (Å²) in [6.07, 6.45) is 4.58. The number of carbonyl (C=O) groups excluding carboxylic acids is 1. The second-order valence-electron chi connectivity index (χ2n) is 7.33.